The molecule has 0 fully saturated rings. The molecule has 0 bridgehead atoms. The van der Waals surface area contributed by atoms with Crippen molar-refractivity contribution in [3.05, 3.63) is 57.9 Å². The van der Waals surface area contributed by atoms with Crippen LogP contribution < -0.4 is 9.74 Å². The number of ether oxygens (including phenoxy) is 1. The molecule has 1 aliphatic rings. The van der Waals surface area contributed by atoms with Crippen molar-refractivity contribution < 1.29 is 40.4 Å². The van der Waals surface area contributed by atoms with Gasteiger partial charge in [0.15, 0.2) is 6.10 Å². The van der Waals surface area contributed by atoms with Gasteiger partial charge in [0.25, 0.3) is 5.56 Å². The van der Waals surface area contributed by atoms with E-state index in [4.69, 9.17) is 4.74 Å². The number of rotatable bonds is 6. The van der Waals surface area contributed by atoms with E-state index >= 15 is 0 Å². The second-order valence-corrected chi connectivity index (χ2v) is 9.04. The van der Waals surface area contributed by atoms with Crippen LogP contribution in [0.1, 0.15) is 24.5 Å². The lowest BCUT2D eigenvalue weighted by molar-refractivity contribution is -0.155. The van der Waals surface area contributed by atoms with Crippen LogP contribution >= 0.6 is 0 Å². The van der Waals surface area contributed by atoms with Gasteiger partial charge in [0, 0.05) is 10.9 Å². The molecule has 1 atom stereocenters. The number of hydrogen-bond acceptors (Lipinski definition) is 8. The van der Waals surface area contributed by atoms with Crippen LogP contribution in [-0.4, -0.2) is 40.7 Å². The number of pyridine rings is 2. The van der Waals surface area contributed by atoms with Crippen LogP contribution in [0.25, 0.3) is 22.3 Å². The van der Waals surface area contributed by atoms with Crippen LogP contribution in [0.3, 0.4) is 0 Å². The van der Waals surface area contributed by atoms with Crippen molar-refractivity contribution in [2.45, 2.75) is 38.1 Å². The van der Waals surface area contributed by atoms with E-state index in [1.165, 1.54) is 16.7 Å². The number of alkyl halides is 3. The third-order valence-corrected chi connectivity index (χ3v) is 6.19. The Labute approximate surface area is 190 Å². The molecule has 1 aliphatic heterocycles. The first-order valence-electron chi connectivity index (χ1n) is 9.93. The fourth-order valence-corrected chi connectivity index (χ4v) is 3.90. The number of halogens is 3. The molecule has 34 heavy (non-hydrogen) atoms. The van der Waals surface area contributed by atoms with E-state index in [9.17, 15) is 36.3 Å². The van der Waals surface area contributed by atoms with Crippen LogP contribution in [0.5, 0.6) is 5.75 Å². The number of esters is 1. The number of benzene rings is 1. The van der Waals surface area contributed by atoms with Gasteiger partial charge in [-0.05, 0) is 42.8 Å². The summed E-state index contributed by atoms with van der Waals surface area (Å²) in [5.74, 6) is -1.37. The lowest BCUT2D eigenvalue weighted by atomic mass is 10.1. The highest BCUT2D eigenvalue weighted by molar-refractivity contribution is 7.88. The van der Waals surface area contributed by atoms with Gasteiger partial charge >= 0.3 is 21.6 Å². The van der Waals surface area contributed by atoms with Crippen molar-refractivity contribution in [3.8, 4) is 17.1 Å². The van der Waals surface area contributed by atoms with Crippen LogP contribution in [0, 0.1) is 0 Å². The zero-order valence-electron chi connectivity index (χ0n) is 17.5. The van der Waals surface area contributed by atoms with Crippen molar-refractivity contribution >= 4 is 27.0 Å². The highest BCUT2D eigenvalue weighted by Gasteiger charge is 2.48. The predicted octanol–water partition coefficient (Wildman–Crippen LogP) is 2.47. The molecule has 0 aliphatic carbocycles. The number of hydrogen-bond donors (Lipinski definition) is 1. The van der Waals surface area contributed by atoms with Gasteiger partial charge in [-0.3, -0.25) is 4.79 Å². The standard InChI is InChI=1S/C21H17F3N2O7S/c1-2-17(27)20(29)32-10-11-3-6-16-18-13(9-26(16)19(11)28)7-12-8-14(4-5-15(12)25-18)33-34(30,31)21(22,23)24/h3-8,17,27H,2,9-10H2,1H3/t17-/m1/s1. The summed E-state index contributed by atoms with van der Waals surface area (Å²) < 4.78 is 70.9. The molecule has 1 N–H and O–H groups in total. The second-order valence-electron chi connectivity index (χ2n) is 7.50. The molecule has 0 saturated heterocycles. The molecule has 13 heteroatoms. The molecule has 4 rings (SSSR count). The molecule has 2 aromatic heterocycles. The van der Waals surface area contributed by atoms with E-state index in [0.29, 0.717) is 27.9 Å². The zero-order chi connectivity index (χ0) is 24.8. The molecular formula is C21H17F3N2O7S. The fraction of sp³-hybridized carbons (Fsp3) is 0.286. The van der Waals surface area contributed by atoms with E-state index in [2.05, 4.69) is 9.17 Å². The van der Waals surface area contributed by atoms with E-state index in [-0.39, 0.29) is 25.1 Å². The van der Waals surface area contributed by atoms with Crippen LogP contribution in [0.4, 0.5) is 13.2 Å². The van der Waals surface area contributed by atoms with Crippen molar-refractivity contribution in [2.75, 3.05) is 0 Å². The molecule has 1 aromatic carbocycles. The first-order chi connectivity index (χ1) is 15.9. The Kier molecular flexibility index (Phi) is 5.85. The Morgan fingerprint density at radius 2 is 1.97 bits per heavy atom. The number of carbonyl (C=O) groups excluding carboxylic acids is 1. The maximum atomic E-state index is 12.9. The van der Waals surface area contributed by atoms with Crippen LogP contribution in [0.15, 0.2) is 41.2 Å². The molecular weight excluding hydrogens is 481 g/mol. The number of aromatic nitrogens is 2. The Bertz CT molecular complexity index is 1470. The van der Waals surface area contributed by atoms with E-state index in [1.807, 2.05) is 0 Å². The highest BCUT2D eigenvalue weighted by atomic mass is 32.2. The molecule has 0 amide bonds. The van der Waals surface area contributed by atoms with Gasteiger partial charge < -0.3 is 18.6 Å². The predicted molar refractivity (Wildman–Crippen MR) is 112 cm³/mol. The number of carbonyl (C=O) groups is 1. The van der Waals surface area contributed by atoms with Gasteiger partial charge in [-0.25, -0.2) is 9.78 Å². The van der Waals surface area contributed by atoms with E-state index in [0.717, 1.165) is 12.1 Å². The molecule has 3 heterocycles. The number of fused-ring (bicyclic) bond motifs is 4. The summed E-state index contributed by atoms with van der Waals surface area (Å²) in [4.78, 5) is 29.0. The average Bonchev–Trinajstić information content (AvgIpc) is 3.13. The lowest BCUT2D eigenvalue weighted by Crippen LogP contribution is -2.28. The largest absolute Gasteiger partial charge is 0.534 e. The third-order valence-electron chi connectivity index (χ3n) is 5.21. The summed E-state index contributed by atoms with van der Waals surface area (Å²) in [5, 5.41) is 9.81. The Morgan fingerprint density at radius 3 is 2.65 bits per heavy atom. The average molecular weight is 498 g/mol. The smallest absolute Gasteiger partial charge is 0.459 e. The SMILES string of the molecule is CC[C@@H](O)C(=O)OCc1ccc2n(c1=O)Cc1cc3cc(OS(=O)(=O)C(F)(F)F)ccc3nc1-2. The monoisotopic (exact) mass is 498 g/mol. The quantitative estimate of drug-likeness (QED) is 0.244. The fourth-order valence-electron chi connectivity index (χ4n) is 3.45. The summed E-state index contributed by atoms with van der Waals surface area (Å²) >= 11 is 0. The van der Waals surface area contributed by atoms with Gasteiger partial charge in [-0.1, -0.05) is 6.92 Å². The van der Waals surface area contributed by atoms with Gasteiger partial charge in [0.2, 0.25) is 0 Å². The summed E-state index contributed by atoms with van der Waals surface area (Å²) in [6.07, 6.45) is -1.11. The highest BCUT2D eigenvalue weighted by Crippen LogP contribution is 2.34. The normalized spacial score (nSPS) is 13.9. The minimum Gasteiger partial charge on any atom is -0.459 e. The Hall–Kier alpha value is -3.45. The van der Waals surface area contributed by atoms with E-state index < -0.39 is 39.0 Å². The zero-order valence-corrected chi connectivity index (χ0v) is 18.3. The van der Waals surface area contributed by atoms with Gasteiger partial charge in [0.05, 0.1) is 29.0 Å². The molecule has 180 valence electrons. The molecule has 3 aromatic rings. The topological polar surface area (TPSA) is 125 Å². The maximum Gasteiger partial charge on any atom is 0.534 e. The Balaban J connectivity index is 1.63. The summed E-state index contributed by atoms with van der Waals surface area (Å²) in [7, 11) is -5.82. The minimum atomic E-state index is -5.82. The molecule has 0 unspecified atom stereocenters. The molecule has 0 saturated carbocycles. The van der Waals surface area contributed by atoms with Crippen LogP contribution in [-0.2, 0) is 32.8 Å². The summed E-state index contributed by atoms with van der Waals surface area (Å²) in [5.41, 5.74) is -3.92. The maximum absolute atomic E-state index is 12.9. The van der Waals surface area contributed by atoms with Crippen molar-refractivity contribution in [1.29, 1.82) is 0 Å². The summed E-state index contributed by atoms with van der Waals surface area (Å²) in [6, 6.07) is 8.16. The third kappa shape index (κ3) is 4.23. The first-order valence-corrected chi connectivity index (χ1v) is 11.3. The molecule has 0 spiro atoms. The first kappa shape index (κ1) is 23.7. The minimum absolute atomic E-state index is 0.0950. The Morgan fingerprint density at radius 1 is 1.24 bits per heavy atom. The van der Waals surface area contributed by atoms with Crippen molar-refractivity contribution in [3.63, 3.8) is 0 Å². The van der Waals surface area contributed by atoms with Gasteiger partial charge in [-0.2, -0.15) is 21.6 Å². The van der Waals surface area contributed by atoms with E-state index in [1.54, 1.807) is 19.1 Å². The lowest BCUT2D eigenvalue weighted by Gasteiger charge is -2.10. The van der Waals surface area contributed by atoms with Gasteiger partial charge in [0.1, 0.15) is 12.4 Å². The van der Waals surface area contributed by atoms with Crippen LogP contribution in [0.2, 0.25) is 0 Å². The van der Waals surface area contributed by atoms with Crippen molar-refractivity contribution in [1.82, 2.24) is 9.55 Å². The number of aliphatic hydroxyl groups excluding tert-OH is 1. The summed E-state index contributed by atoms with van der Waals surface area (Å²) in [6.45, 7) is 1.38. The number of nitrogens with zero attached hydrogens (tertiary/aromatic N) is 2. The molecule has 9 nitrogen and oxygen atoms in total. The second kappa shape index (κ2) is 8.40. The van der Waals surface area contributed by atoms with Gasteiger partial charge in [-0.15, -0.1) is 0 Å². The number of aliphatic hydroxyl groups is 1. The van der Waals surface area contributed by atoms with Crippen molar-refractivity contribution in [2.24, 2.45) is 0 Å². The molecule has 0 radical (unpaired) electrons.